The van der Waals surface area contributed by atoms with Gasteiger partial charge in [-0.3, -0.25) is 4.79 Å². The summed E-state index contributed by atoms with van der Waals surface area (Å²) in [7, 11) is 0. The fourth-order valence-corrected chi connectivity index (χ4v) is 1.85. The van der Waals surface area contributed by atoms with Crippen LogP contribution in [0.3, 0.4) is 0 Å². The summed E-state index contributed by atoms with van der Waals surface area (Å²) in [5.41, 5.74) is 0.275. The molecule has 0 bridgehead atoms. The largest absolute Gasteiger partial charge is 0.456 e. The highest BCUT2D eigenvalue weighted by Gasteiger charge is 2.15. The highest BCUT2D eigenvalue weighted by atomic mass is 16.5. The summed E-state index contributed by atoms with van der Waals surface area (Å²) in [5.74, 6) is -0.688. The van der Waals surface area contributed by atoms with Crippen LogP contribution in [0.1, 0.15) is 31.1 Å². The molecule has 5 heteroatoms. The molecular weight excluding hydrogens is 258 g/mol. The normalized spacial score (nSPS) is 10.4. The number of hydrogen-bond acceptors (Lipinski definition) is 4. The zero-order valence-electron chi connectivity index (χ0n) is 12.3. The predicted octanol–water partition coefficient (Wildman–Crippen LogP) is 0.693. The van der Waals surface area contributed by atoms with Crippen LogP contribution in [-0.4, -0.2) is 38.2 Å². The molecule has 0 unspecified atom stereocenters. The zero-order chi connectivity index (χ0) is 15.0. The van der Waals surface area contributed by atoms with Crippen LogP contribution >= 0.6 is 0 Å². The lowest BCUT2D eigenvalue weighted by molar-refractivity contribution is -0.896. The number of esters is 2. The van der Waals surface area contributed by atoms with Crippen LogP contribution in [0.4, 0.5) is 0 Å². The Morgan fingerprint density at radius 2 is 1.80 bits per heavy atom. The Balaban J connectivity index is 2.61. The average molecular weight is 280 g/mol. The third-order valence-electron chi connectivity index (χ3n) is 3.05. The fraction of sp³-hybridized carbons (Fsp3) is 0.467. The van der Waals surface area contributed by atoms with E-state index in [1.165, 1.54) is 11.8 Å². The van der Waals surface area contributed by atoms with Gasteiger partial charge in [-0.25, -0.2) is 4.79 Å². The second-order valence-corrected chi connectivity index (χ2v) is 4.43. The first-order valence-corrected chi connectivity index (χ1v) is 6.86. The summed E-state index contributed by atoms with van der Waals surface area (Å²) in [5, 5.41) is 0. The molecule has 5 nitrogen and oxygen atoms in total. The van der Waals surface area contributed by atoms with E-state index in [2.05, 4.69) is 13.8 Å². The van der Waals surface area contributed by atoms with Gasteiger partial charge in [0, 0.05) is 6.92 Å². The highest BCUT2D eigenvalue weighted by Crippen LogP contribution is 2.18. The molecule has 1 aromatic carbocycles. The topological polar surface area (TPSA) is 57.0 Å². The van der Waals surface area contributed by atoms with Gasteiger partial charge in [0.25, 0.3) is 0 Å². The zero-order valence-corrected chi connectivity index (χ0v) is 12.3. The van der Waals surface area contributed by atoms with Crippen LogP contribution in [0.25, 0.3) is 0 Å². The van der Waals surface area contributed by atoms with Crippen LogP contribution in [-0.2, 0) is 9.53 Å². The second kappa shape index (κ2) is 8.32. The van der Waals surface area contributed by atoms with E-state index in [-0.39, 0.29) is 11.3 Å². The SMILES string of the molecule is CC[NH+](CC)CCOC(=O)c1ccccc1OC(C)=O. The number of likely N-dealkylation sites (N-methyl/N-ethyl adjacent to an activating group) is 1. The maximum atomic E-state index is 12.0. The number of ether oxygens (including phenoxy) is 2. The van der Waals surface area contributed by atoms with E-state index < -0.39 is 11.9 Å². The Morgan fingerprint density at radius 3 is 2.40 bits per heavy atom. The Kier molecular flexibility index (Phi) is 6.73. The maximum Gasteiger partial charge on any atom is 0.342 e. The van der Waals surface area contributed by atoms with Gasteiger partial charge in [-0.1, -0.05) is 12.1 Å². The van der Waals surface area contributed by atoms with E-state index in [0.717, 1.165) is 19.6 Å². The fourth-order valence-electron chi connectivity index (χ4n) is 1.85. The maximum absolute atomic E-state index is 12.0. The van der Waals surface area contributed by atoms with E-state index in [1.54, 1.807) is 24.3 Å². The summed E-state index contributed by atoms with van der Waals surface area (Å²) in [4.78, 5) is 24.3. The highest BCUT2D eigenvalue weighted by molar-refractivity contribution is 5.93. The van der Waals surface area contributed by atoms with Gasteiger partial charge in [0.05, 0.1) is 13.1 Å². The van der Waals surface area contributed by atoms with Crippen molar-refractivity contribution in [2.75, 3.05) is 26.2 Å². The number of carbonyl (C=O) groups is 2. The van der Waals surface area contributed by atoms with Crippen LogP contribution in [0.2, 0.25) is 0 Å². The monoisotopic (exact) mass is 280 g/mol. The number of benzene rings is 1. The van der Waals surface area contributed by atoms with Gasteiger partial charge >= 0.3 is 11.9 Å². The summed E-state index contributed by atoms with van der Waals surface area (Å²) < 4.78 is 10.2. The number of rotatable bonds is 7. The Labute approximate surface area is 119 Å². The van der Waals surface area contributed by atoms with Crippen molar-refractivity contribution in [3.05, 3.63) is 29.8 Å². The Morgan fingerprint density at radius 1 is 1.15 bits per heavy atom. The summed E-state index contributed by atoms with van der Waals surface area (Å²) >= 11 is 0. The van der Waals surface area contributed by atoms with Gasteiger partial charge in [-0.05, 0) is 26.0 Å². The van der Waals surface area contributed by atoms with Crippen molar-refractivity contribution in [2.45, 2.75) is 20.8 Å². The first kappa shape index (κ1) is 16.2. The molecule has 0 saturated heterocycles. The van der Waals surface area contributed by atoms with E-state index >= 15 is 0 Å². The lowest BCUT2D eigenvalue weighted by atomic mass is 10.2. The standard InChI is InChI=1S/C15H21NO4/c1-4-16(5-2)10-11-19-15(18)13-8-6-7-9-14(13)20-12(3)17/h6-9H,4-5,10-11H2,1-3H3/p+1. The molecule has 0 aromatic heterocycles. The molecule has 1 N–H and O–H groups in total. The second-order valence-electron chi connectivity index (χ2n) is 4.43. The molecule has 0 atom stereocenters. The van der Waals surface area contributed by atoms with Crippen LogP contribution in [0.5, 0.6) is 5.75 Å². The van der Waals surface area contributed by atoms with Gasteiger partial charge in [-0.15, -0.1) is 0 Å². The quantitative estimate of drug-likeness (QED) is 0.590. The first-order valence-electron chi connectivity index (χ1n) is 6.86. The van der Waals surface area contributed by atoms with Gasteiger partial charge < -0.3 is 14.4 Å². The van der Waals surface area contributed by atoms with E-state index in [1.807, 2.05) is 0 Å². The molecule has 0 aliphatic rings. The smallest absolute Gasteiger partial charge is 0.342 e. The van der Waals surface area contributed by atoms with Crippen LogP contribution < -0.4 is 9.64 Å². The van der Waals surface area contributed by atoms with Crippen molar-refractivity contribution >= 4 is 11.9 Å². The van der Waals surface area contributed by atoms with Crippen molar-refractivity contribution in [3.63, 3.8) is 0 Å². The predicted molar refractivity (Wildman–Crippen MR) is 74.9 cm³/mol. The molecule has 1 aromatic rings. The van der Waals surface area contributed by atoms with Crippen molar-refractivity contribution in [1.82, 2.24) is 0 Å². The van der Waals surface area contributed by atoms with Gasteiger partial charge in [0.2, 0.25) is 0 Å². The van der Waals surface area contributed by atoms with Crippen molar-refractivity contribution in [1.29, 1.82) is 0 Å². The molecule has 0 radical (unpaired) electrons. The van der Waals surface area contributed by atoms with Gasteiger partial charge in [0.1, 0.15) is 24.5 Å². The van der Waals surface area contributed by atoms with E-state index in [9.17, 15) is 9.59 Å². The molecule has 0 aliphatic heterocycles. The van der Waals surface area contributed by atoms with Crippen molar-refractivity contribution < 1.29 is 24.0 Å². The Bertz CT molecular complexity index is 455. The molecule has 0 saturated carbocycles. The number of nitrogens with one attached hydrogen (secondary N) is 1. The molecule has 0 aliphatic carbocycles. The number of quaternary nitrogens is 1. The summed E-state index contributed by atoms with van der Waals surface area (Å²) in [6, 6.07) is 6.58. The van der Waals surface area contributed by atoms with Gasteiger partial charge in [0.15, 0.2) is 0 Å². The van der Waals surface area contributed by atoms with Crippen LogP contribution in [0, 0.1) is 0 Å². The lowest BCUT2D eigenvalue weighted by Crippen LogP contribution is -3.11. The minimum atomic E-state index is -0.464. The van der Waals surface area contributed by atoms with E-state index in [4.69, 9.17) is 9.47 Å². The minimum Gasteiger partial charge on any atom is -0.456 e. The number of hydrogen-bond donors (Lipinski definition) is 1. The molecular formula is C15H22NO4+. The van der Waals surface area contributed by atoms with Crippen LogP contribution in [0.15, 0.2) is 24.3 Å². The van der Waals surface area contributed by atoms with Gasteiger partial charge in [-0.2, -0.15) is 0 Å². The third-order valence-corrected chi connectivity index (χ3v) is 3.05. The molecule has 0 fully saturated rings. The van der Waals surface area contributed by atoms with Crippen molar-refractivity contribution in [2.24, 2.45) is 0 Å². The average Bonchev–Trinajstić information content (AvgIpc) is 2.43. The number of para-hydroxylation sites is 1. The molecule has 1 rings (SSSR count). The minimum absolute atomic E-state index is 0.236. The molecule has 20 heavy (non-hydrogen) atoms. The summed E-state index contributed by atoms with van der Waals surface area (Å²) in [6.45, 7) is 8.61. The molecule has 0 heterocycles. The lowest BCUT2D eigenvalue weighted by Gasteiger charge is -2.15. The first-order chi connectivity index (χ1) is 9.58. The van der Waals surface area contributed by atoms with Crippen molar-refractivity contribution in [3.8, 4) is 5.75 Å². The molecule has 0 spiro atoms. The summed E-state index contributed by atoms with van der Waals surface area (Å²) in [6.07, 6.45) is 0. The molecule has 0 amide bonds. The third kappa shape index (κ3) is 5.01. The Hall–Kier alpha value is -1.88. The molecule has 110 valence electrons. The van der Waals surface area contributed by atoms with E-state index in [0.29, 0.717) is 6.61 Å². The number of carbonyl (C=O) groups excluding carboxylic acids is 2.